The summed E-state index contributed by atoms with van der Waals surface area (Å²) in [4.78, 5) is 17.5. The second kappa shape index (κ2) is 5.79. The molecule has 0 unspecified atom stereocenters. The van der Waals surface area contributed by atoms with Gasteiger partial charge in [0.1, 0.15) is 0 Å². The molecule has 0 saturated carbocycles. The van der Waals surface area contributed by atoms with Crippen LogP contribution in [0.2, 0.25) is 0 Å². The first-order valence-corrected chi connectivity index (χ1v) is 8.27. The Morgan fingerprint density at radius 3 is 2.57 bits per heavy atom. The predicted octanol–water partition coefficient (Wildman–Crippen LogP) is 4.80. The molecular formula is C16H14N2OS2. The van der Waals surface area contributed by atoms with E-state index in [1.165, 1.54) is 28.2 Å². The summed E-state index contributed by atoms with van der Waals surface area (Å²) in [6.45, 7) is 3.92. The first-order chi connectivity index (χ1) is 10.1. The van der Waals surface area contributed by atoms with Crippen LogP contribution in [0.1, 0.15) is 26.5 Å². The molecule has 106 valence electrons. The van der Waals surface area contributed by atoms with Crippen molar-refractivity contribution in [2.75, 3.05) is 5.32 Å². The van der Waals surface area contributed by atoms with Crippen LogP contribution in [0.25, 0.3) is 0 Å². The number of benzene rings is 1. The number of carbonyl (C=O) groups excluding carboxylic acids is 1. The molecule has 1 N–H and O–H groups in total. The van der Waals surface area contributed by atoms with Crippen molar-refractivity contribution >= 4 is 39.3 Å². The zero-order chi connectivity index (χ0) is 14.8. The maximum absolute atomic E-state index is 12.4. The summed E-state index contributed by atoms with van der Waals surface area (Å²) < 4.78 is 0. The highest BCUT2D eigenvalue weighted by Crippen LogP contribution is 2.28. The van der Waals surface area contributed by atoms with Crippen LogP contribution in [0.3, 0.4) is 0 Å². The fourth-order valence-electron chi connectivity index (χ4n) is 1.95. The lowest BCUT2D eigenvalue weighted by atomic mass is 10.2. The third-order valence-corrected chi connectivity index (χ3v) is 4.84. The van der Waals surface area contributed by atoms with E-state index < -0.39 is 0 Å². The number of ketones is 1. The Labute approximate surface area is 131 Å². The van der Waals surface area contributed by atoms with Crippen LogP contribution in [-0.4, -0.2) is 10.8 Å². The van der Waals surface area contributed by atoms with Crippen molar-refractivity contribution in [1.29, 1.82) is 0 Å². The molecule has 1 aromatic carbocycles. The zero-order valence-electron chi connectivity index (χ0n) is 11.7. The minimum absolute atomic E-state index is 0.0446. The number of hydrogen-bond donors (Lipinski definition) is 1. The molecule has 0 aliphatic carbocycles. The molecule has 0 spiro atoms. The van der Waals surface area contributed by atoms with E-state index in [2.05, 4.69) is 17.2 Å². The highest BCUT2D eigenvalue weighted by molar-refractivity contribution is 7.18. The van der Waals surface area contributed by atoms with E-state index in [9.17, 15) is 4.79 Å². The van der Waals surface area contributed by atoms with Crippen molar-refractivity contribution in [3.63, 3.8) is 0 Å². The number of thiazole rings is 1. The van der Waals surface area contributed by atoms with Crippen LogP contribution in [0.5, 0.6) is 0 Å². The molecule has 2 heterocycles. The van der Waals surface area contributed by atoms with E-state index in [1.54, 1.807) is 0 Å². The van der Waals surface area contributed by atoms with Gasteiger partial charge in [0.25, 0.3) is 0 Å². The zero-order valence-corrected chi connectivity index (χ0v) is 13.3. The Kier molecular flexibility index (Phi) is 3.86. The fourth-order valence-corrected chi connectivity index (χ4v) is 3.53. The van der Waals surface area contributed by atoms with E-state index in [0.29, 0.717) is 4.88 Å². The molecule has 0 aliphatic heterocycles. The maximum Gasteiger partial charge on any atom is 0.205 e. The number of anilines is 2. The van der Waals surface area contributed by atoms with Crippen molar-refractivity contribution in [3.8, 4) is 0 Å². The summed E-state index contributed by atoms with van der Waals surface area (Å²) in [5, 5.41) is 7.78. The average Bonchev–Trinajstić information content (AvgIpc) is 3.10. The summed E-state index contributed by atoms with van der Waals surface area (Å²) in [5.41, 5.74) is 3.69. The van der Waals surface area contributed by atoms with Crippen LogP contribution in [-0.2, 0) is 0 Å². The molecular weight excluding hydrogens is 300 g/mol. The van der Waals surface area contributed by atoms with Crippen molar-refractivity contribution in [1.82, 2.24) is 4.98 Å². The molecule has 3 rings (SSSR count). The van der Waals surface area contributed by atoms with E-state index in [-0.39, 0.29) is 5.78 Å². The minimum atomic E-state index is 0.0446. The third-order valence-electron chi connectivity index (χ3n) is 3.09. The molecule has 3 aromatic rings. The van der Waals surface area contributed by atoms with Gasteiger partial charge in [0, 0.05) is 16.6 Å². The highest BCUT2D eigenvalue weighted by Gasteiger charge is 2.17. The Morgan fingerprint density at radius 2 is 1.90 bits per heavy atom. The number of nitrogens with zero attached hydrogens (tertiary/aromatic N) is 1. The molecule has 21 heavy (non-hydrogen) atoms. The monoisotopic (exact) mass is 314 g/mol. The number of rotatable bonds is 4. The normalized spacial score (nSPS) is 10.6. The summed E-state index contributed by atoms with van der Waals surface area (Å²) in [6.07, 6.45) is 0. The van der Waals surface area contributed by atoms with Gasteiger partial charge in [0.05, 0.1) is 10.6 Å². The van der Waals surface area contributed by atoms with E-state index in [0.717, 1.165) is 22.1 Å². The van der Waals surface area contributed by atoms with Crippen LogP contribution in [0.15, 0.2) is 41.1 Å². The summed E-state index contributed by atoms with van der Waals surface area (Å²) >= 11 is 2.92. The highest BCUT2D eigenvalue weighted by atomic mass is 32.1. The van der Waals surface area contributed by atoms with Crippen molar-refractivity contribution in [2.24, 2.45) is 0 Å². The summed E-state index contributed by atoms with van der Waals surface area (Å²) in [7, 11) is 0. The Morgan fingerprint density at radius 1 is 1.14 bits per heavy atom. The Balaban J connectivity index is 1.84. The number of hydrogen-bond acceptors (Lipinski definition) is 5. The van der Waals surface area contributed by atoms with Crippen molar-refractivity contribution in [2.45, 2.75) is 13.8 Å². The van der Waals surface area contributed by atoms with Gasteiger partial charge in [-0.25, -0.2) is 4.98 Å². The van der Waals surface area contributed by atoms with Gasteiger partial charge in [-0.1, -0.05) is 29.0 Å². The van der Waals surface area contributed by atoms with Gasteiger partial charge in [-0.3, -0.25) is 4.79 Å². The molecule has 0 amide bonds. The first-order valence-electron chi connectivity index (χ1n) is 6.51. The quantitative estimate of drug-likeness (QED) is 0.704. The first kappa shape index (κ1) is 14.0. The predicted molar refractivity (Wildman–Crippen MR) is 89.1 cm³/mol. The second-order valence-electron chi connectivity index (χ2n) is 4.77. The van der Waals surface area contributed by atoms with Crippen LogP contribution >= 0.6 is 22.7 Å². The molecule has 0 aliphatic rings. The lowest BCUT2D eigenvalue weighted by Gasteiger charge is -2.02. The van der Waals surface area contributed by atoms with Crippen LogP contribution in [0, 0.1) is 13.8 Å². The SMILES string of the molecule is Cc1ccc(Nc2nc(C)c(C(=O)c3ccsc3)s2)cc1. The van der Waals surface area contributed by atoms with E-state index >= 15 is 0 Å². The molecule has 0 atom stereocenters. The van der Waals surface area contributed by atoms with Gasteiger partial charge < -0.3 is 5.32 Å². The molecule has 5 heteroatoms. The van der Waals surface area contributed by atoms with Crippen molar-refractivity contribution in [3.05, 3.63) is 62.8 Å². The number of nitrogens with one attached hydrogen (secondary N) is 1. The average molecular weight is 314 g/mol. The van der Waals surface area contributed by atoms with Gasteiger partial charge >= 0.3 is 0 Å². The van der Waals surface area contributed by atoms with Gasteiger partial charge in [0.15, 0.2) is 5.13 Å². The smallest absolute Gasteiger partial charge is 0.205 e. The number of aryl methyl sites for hydroxylation is 2. The number of aromatic nitrogens is 1. The molecule has 0 radical (unpaired) electrons. The maximum atomic E-state index is 12.4. The van der Waals surface area contributed by atoms with Crippen molar-refractivity contribution < 1.29 is 4.79 Å². The van der Waals surface area contributed by atoms with E-state index in [4.69, 9.17) is 0 Å². The van der Waals surface area contributed by atoms with E-state index in [1.807, 2.05) is 48.0 Å². The third kappa shape index (κ3) is 3.04. The van der Waals surface area contributed by atoms with Crippen LogP contribution in [0.4, 0.5) is 10.8 Å². The molecule has 0 bridgehead atoms. The minimum Gasteiger partial charge on any atom is -0.332 e. The van der Waals surface area contributed by atoms with Gasteiger partial charge in [-0.15, -0.1) is 0 Å². The summed E-state index contributed by atoms with van der Waals surface area (Å²) in [5.74, 6) is 0.0446. The Bertz CT molecular complexity index is 758. The standard InChI is InChI=1S/C16H14N2OS2/c1-10-3-5-13(6-4-10)18-16-17-11(2)15(21-16)14(19)12-7-8-20-9-12/h3-9H,1-2H3,(H,17,18). The molecule has 0 saturated heterocycles. The largest absolute Gasteiger partial charge is 0.332 e. The summed E-state index contributed by atoms with van der Waals surface area (Å²) in [6, 6.07) is 9.94. The van der Waals surface area contributed by atoms with Gasteiger partial charge in [-0.05, 0) is 37.4 Å². The topological polar surface area (TPSA) is 42.0 Å². The molecule has 3 nitrogen and oxygen atoms in total. The number of carbonyl (C=O) groups is 1. The van der Waals surface area contributed by atoms with Gasteiger partial charge in [0.2, 0.25) is 5.78 Å². The molecule has 0 fully saturated rings. The molecule has 2 aromatic heterocycles. The van der Waals surface area contributed by atoms with Gasteiger partial charge in [-0.2, -0.15) is 11.3 Å². The second-order valence-corrected chi connectivity index (χ2v) is 6.54. The number of thiophene rings is 1. The fraction of sp³-hybridized carbons (Fsp3) is 0.125. The Hall–Kier alpha value is -1.98. The lowest BCUT2D eigenvalue weighted by Crippen LogP contribution is -1.98. The lowest BCUT2D eigenvalue weighted by molar-refractivity contribution is 0.104. The van der Waals surface area contributed by atoms with Crippen LogP contribution < -0.4 is 5.32 Å².